The molecule has 1 heterocycles. The average Bonchev–Trinajstić information content (AvgIpc) is 2.52. The summed E-state index contributed by atoms with van der Waals surface area (Å²) in [5.74, 6) is 1.82. The van der Waals surface area contributed by atoms with Gasteiger partial charge in [0.2, 0.25) is 0 Å². The Morgan fingerprint density at radius 3 is 2.52 bits per heavy atom. The predicted molar refractivity (Wildman–Crippen MR) is 89.1 cm³/mol. The third-order valence-corrected chi connectivity index (χ3v) is 3.74. The molecule has 4 nitrogen and oxygen atoms in total. The van der Waals surface area contributed by atoms with E-state index in [1.807, 2.05) is 12.1 Å². The fourth-order valence-corrected chi connectivity index (χ4v) is 2.45. The fraction of sp³-hybridized carbons (Fsp3) is 0.471. The molecule has 1 aromatic carbocycles. The lowest BCUT2D eigenvalue weighted by atomic mass is 10.1. The van der Waals surface area contributed by atoms with E-state index in [2.05, 4.69) is 43.1 Å². The Balaban J connectivity index is 2.44. The van der Waals surface area contributed by atoms with Gasteiger partial charge in [0.25, 0.3) is 0 Å². The molecule has 114 valence electrons. The van der Waals surface area contributed by atoms with Crippen molar-refractivity contribution in [2.45, 2.75) is 27.3 Å². The quantitative estimate of drug-likeness (QED) is 0.845. The minimum absolute atomic E-state index is 0.842. The van der Waals surface area contributed by atoms with Crippen LogP contribution in [0.15, 0.2) is 24.3 Å². The number of pyridine rings is 1. The van der Waals surface area contributed by atoms with Crippen molar-refractivity contribution in [2.75, 3.05) is 32.1 Å². The molecule has 4 heteroatoms. The Morgan fingerprint density at radius 1 is 1.14 bits per heavy atom. The molecule has 2 rings (SSSR count). The Kier molecular flexibility index (Phi) is 5.39. The van der Waals surface area contributed by atoms with E-state index in [1.165, 1.54) is 5.56 Å². The van der Waals surface area contributed by atoms with Gasteiger partial charge in [0.1, 0.15) is 11.6 Å². The number of rotatable bonds is 7. The van der Waals surface area contributed by atoms with Gasteiger partial charge in [0, 0.05) is 30.1 Å². The summed E-state index contributed by atoms with van der Waals surface area (Å²) in [6.45, 7) is 10.4. The van der Waals surface area contributed by atoms with Gasteiger partial charge >= 0.3 is 0 Å². The van der Waals surface area contributed by atoms with Crippen LogP contribution in [-0.2, 0) is 6.54 Å². The summed E-state index contributed by atoms with van der Waals surface area (Å²) < 4.78 is 5.28. The lowest BCUT2D eigenvalue weighted by Gasteiger charge is -2.20. The van der Waals surface area contributed by atoms with Gasteiger partial charge in [0.05, 0.1) is 12.6 Å². The third-order valence-electron chi connectivity index (χ3n) is 3.74. The molecule has 0 aliphatic rings. The van der Waals surface area contributed by atoms with Gasteiger partial charge in [-0.3, -0.25) is 4.90 Å². The van der Waals surface area contributed by atoms with Crippen molar-refractivity contribution < 1.29 is 4.74 Å². The summed E-state index contributed by atoms with van der Waals surface area (Å²) >= 11 is 0. The van der Waals surface area contributed by atoms with E-state index < -0.39 is 0 Å². The minimum Gasteiger partial charge on any atom is -0.497 e. The number of nitrogens with zero attached hydrogens (tertiary/aromatic N) is 2. The van der Waals surface area contributed by atoms with Crippen molar-refractivity contribution in [1.29, 1.82) is 0 Å². The number of hydrogen-bond acceptors (Lipinski definition) is 4. The van der Waals surface area contributed by atoms with Crippen LogP contribution in [0.2, 0.25) is 0 Å². The molecule has 0 atom stereocenters. The Bertz CT molecular complexity index is 594. The topological polar surface area (TPSA) is 37.4 Å². The molecular formula is C17H25N3O. The van der Waals surface area contributed by atoms with Crippen molar-refractivity contribution >= 4 is 16.7 Å². The summed E-state index contributed by atoms with van der Waals surface area (Å²) in [7, 11) is 1.68. The molecule has 0 saturated carbocycles. The van der Waals surface area contributed by atoms with Gasteiger partial charge in [0.15, 0.2) is 0 Å². The zero-order chi connectivity index (χ0) is 15.2. The molecule has 2 aromatic rings. The summed E-state index contributed by atoms with van der Waals surface area (Å²) in [5, 5.41) is 4.53. The number of fused-ring (bicyclic) bond motifs is 1. The summed E-state index contributed by atoms with van der Waals surface area (Å²) in [6, 6.07) is 8.27. The van der Waals surface area contributed by atoms with Gasteiger partial charge < -0.3 is 10.1 Å². The van der Waals surface area contributed by atoms with Gasteiger partial charge in [-0.15, -0.1) is 0 Å². The number of hydrogen-bond donors (Lipinski definition) is 1. The molecule has 21 heavy (non-hydrogen) atoms. The highest BCUT2D eigenvalue weighted by Gasteiger charge is 2.10. The minimum atomic E-state index is 0.842. The standard InChI is InChI=1S/C17H25N3O/c1-5-18-17-14(12-20(6-2)7-3)10-13-8-9-15(21-4)11-16(13)19-17/h8-11H,5-7,12H2,1-4H3,(H,18,19). The van der Waals surface area contributed by atoms with Crippen molar-refractivity contribution in [1.82, 2.24) is 9.88 Å². The molecule has 0 saturated heterocycles. The Hall–Kier alpha value is -1.81. The molecule has 0 bridgehead atoms. The van der Waals surface area contributed by atoms with Crippen molar-refractivity contribution in [3.8, 4) is 5.75 Å². The lowest BCUT2D eigenvalue weighted by molar-refractivity contribution is 0.296. The molecule has 0 amide bonds. The van der Waals surface area contributed by atoms with E-state index in [9.17, 15) is 0 Å². The third kappa shape index (κ3) is 3.64. The van der Waals surface area contributed by atoms with E-state index in [4.69, 9.17) is 9.72 Å². The number of nitrogens with one attached hydrogen (secondary N) is 1. The normalized spacial score (nSPS) is 11.1. The van der Waals surface area contributed by atoms with Crippen molar-refractivity contribution in [2.24, 2.45) is 0 Å². The first-order valence-electron chi connectivity index (χ1n) is 7.65. The van der Waals surface area contributed by atoms with Crippen molar-refractivity contribution in [3.05, 3.63) is 29.8 Å². The fourth-order valence-electron chi connectivity index (χ4n) is 2.45. The first kappa shape index (κ1) is 15.6. The summed E-state index contributed by atoms with van der Waals surface area (Å²) in [6.07, 6.45) is 0. The second kappa shape index (κ2) is 7.27. The molecule has 0 fully saturated rings. The van der Waals surface area contributed by atoms with Crippen LogP contribution in [0.1, 0.15) is 26.3 Å². The van der Waals surface area contributed by atoms with Gasteiger partial charge in [-0.25, -0.2) is 4.98 Å². The SMILES string of the molecule is CCNc1nc2cc(OC)ccc2cc1CN(CC)CC. The average molecular weight is 287 g/mol. The maximum Gasteiger partial charge on any atom is 0.131 e. The highest BCUT2D eigenvalue weighted by Crippen LogP contribution is 2.25. The highest BCUT2D eigenvalue weighted by molar-refractivity contribution is 5.83. The first-order valence-corrected chi connectivity index (χ1v) is 7.65. The van der Waals surface area contributed by atoms with Crippen molar-refractivity contribution in [3.63, 3.8) is 0 Å². The highest BCUT2D eigenvalue weighted by atomic mass is 16.5. The van der Waals surface area contributed by atoms with E-state index in [1.54, 1.807) is 7.11 Å². The molecule has 1 N–H and O–H groups in total. The number of benzene rings is 1. The second-order valence-corrected chi connectivity index (χ2v) is 5.05. The smallest absolute Gasteiger partial charge is 0.131 e. The molecular weight excluding hydrogens is 262 g/mol. The van der Waals surface area contributed by atoms with Crippen LogP contribution < -0.4 is 10.1 Å². The number of ether oxygens (including phenoxy) is 1. The first-order chi connectivity index (χ1) is 10.2. The molecule has 0 aliphatic carbocycles. The van der Waals surface area contributed by atoms with Crippen LogP contribution in [0, 0.1) is 0 Å². The van der Waals surface area contributed by atoms with Crippen LogP contribution >= 0.6 is 0 Å². The summed E-state index contributed by atoms with van der Waals surface area (Å²) in [4.78, 5) is 7.17. The zero-order valence-corrected chi connectivity index (χ0v) is 13.4. The van der Waals surface area contributed by atoms with Gasteiger partial charge in [-0.1, -0.05) is 13.8 Å². The van der Waals surface area contributed by atoms with E-state index in [-0.39, 0.29) is 0 Å². The maximum atomic E-state index is 5.28. The van der Waals surface area contributed by atoms with Gasteiger partial charge in [-0.05, 0) is 38.2 Å². The van der Waals surface area contributed by atoms with E-state index in [0.29, 0.717) is 0 Å². The Labute approximate surface area is 127 Å². The molecule has 0 unspecified atom stereocenters. The van der Waals surface area contributed by atoms with Crippen LogP contribution in [0.5, 0.6) is 5.75 Å². The van der Waals surface area contributed by atoms with Gasteiger partial charge in [-0.2, -0.15) is 0 Å². The van der Waals surface area contributed by atoms with E-state index in [0.717, 1.165) is 48.6 Å². The number of methoxy groups -OCH3 is 1. The monoisotopic (exact) mass is 287 g/mol. The number of anilines is 1. The molecule has 1 aromatic heterocycles. The van der Waals surface area contributed by atoms with Crippen LogP contribution in [-0.4, -0.2) is 36.6 Å². The molecule has 0 spiro atoms. The van der Waals surface area contributed by atoms with Crippen LogP contribution in [0.25, 0.3) is 10.9 Å². The number of aromatic nitrogens is 1. The predicted octanol–water partition coefficient (Wildman–Crippen LogP) is 3.52. The van der Waals surface area contributed by atoms with Crippen LogP contribution in [0.3, 0.4) is 0 Å². The van der Waals surface area contributed by atoms with Crippen LogP contribution in [0.4, 0.5) is 5.82 Å². The molecule has 0 aliphatic heterocycles. The summed E-state index contributed by atoms with van der Waals surface area (Å²) in [5.41, 5.74) is 2.21. The molecule has 0 radical (unpaired) electrons. The largest absolute Gasteiger partial charge is 0.497 e. The Morgan fingerprint density at radius 2 is 1.90 bits per heavy atom. The lowest BCUT2D eigenvalue weighted by Crippen LogP contribution is -2.23. The maximum absolute atomic E-state index is 5.28. The zero-order valence-electron chi connectivity index (χ0n) is 13.4. The van der Waals surface area contributed by atoms with E-state index >= 15 is 0 Å². The second-order valence-electron chi connectivity index (χ2n) is 5.05.